The predicted octanol–water partition coefficient (Wildman–Crippen LogP) is 3.19. The molecule has 112 valence electrons. The first-order valence-electron chi connectivity index (χ1n) is 6.06. The van der Waals surface area contributed by atoms with Crippen LogP contribution in [0.15, 0.2) is 30.5 Å². The van der Waals surface area contributed by atoms with E-state index in [2.05, 4.69) is 14.8 Å². The Morgan fingerprint density at radius 3 is 2.82 bits per heavy atom. The van der Waals surface area contributed by atoms with E-state index in [4.69, 9.17) is 17.5 Å². The zero-order chi connectivity index (χ0) is 15.9. The molecule has 0 spiro atoms. The highest BCUT2D eigenvalue weighted by atomic mass is 35.5. The van der Waals surface area contributed by atoms with Crippen molar-refractivity contribution in [3.63, 3.8) is 0 Å². The van der Waals surface area contributed by atoms with E-state index in [-0.39, 0.29) is 21.8 Å². The van der Waals surface area contributed by atoms with E-state index >= 15 is 0 Å². The molecule has 0 aliphatic rings. The van der Waals surface area contributed by atoms with E-state index in [1.165, 1.54) is 6.07 Å². The Morgan fingerprint density at radius 1 is 1.32 bits per heavy atom. The molecule has 0 saturated heterocycles. The second kappa shape index (κ2) is 5.36. The van der Waals surface area contributed by atoms with E-state index < -0.39 is 23.3 Å². The Hall–Kier alpha value is -2.51. The van der Waals surface area contributed by atoms with Gasteiger partial charge in [0.1, 0.15) is 5.69 Å². The van der Waals surface area contributed by atoms with Crippen molar-refractivity contribution in [1.82, 2.24) is 9.97 Å². The second-order valence-electron chi connectivity index (χ2n) is 4.42. The van der Waals surface area contributed by atoms with Crippen molar-refractivity contribution in [3.8, 4) is 11.3 Å². The van der Waals surface area contributed by atoms with Crippen LogP contribution in [0.1, 0.15) is 10.5 Å². The summed E-state index contributed by atoms with van der Waals surface area (Å²) >= 11 is 5.72. The smallest absolute Gasteiger partial charge is 0.368 e. The van der Waals surface area contributed by atoms with Crippen molar-refractivity contribution in [3.05, 3.63) is 52.8 Å². The normalized spacial score (nSPS) is 10.9. The number of nitrogens with one attached hydrogen (secondary N) is 1. The molecule has 3 N–H and O–H groups in total. The third-order valence-electron chi connectivity index (χ3n) is 3.15. The summed E-state index contributed by atoms with van der Waals surface area (Å²) in [7, 11) is 0. The number of aromatic nitrogens is 2. The van der Waals surface area contributed by atoms with Crippen molar-refractivity contribution in [2.45, 2.75) is 0 Å². The number of pyridine rings is 1. The molecular formula is C14H8ClF2N3O2. The van der Waals surface area contributed by atoms with E-state index in [1.807, 2.05) is 0 Å². The largest absolute Gasteiger partial charge is 0.376 e. The van der Waals surface area contributed by atoms with E-state index in [0.29, 0.717) is 5.39 Å². The maximum atomic E-state index is 14.5. The van der Waals surface area contributed by atoms with Gasteiger partial charge in [0.15, 0.2) is 17.3 Å². The Bertz CT molecular complexity index is 895. The quantitative estimate of drug-likeness (QED) is 0.710. The van der Waals surface area contributed by atoms with Gasteiger partial charge < -0.3 is 9.82 Å². The molecule has 2 aromatic heterocycles. The first-order chi connectivity index (χ1) is 10.5. The molecule has 22 heavy (non-hydrogen) atoms. The number of hydrogen-bond acceptors (Lipinski definition) is 4. The topological polar surface area (TPSA) is 81.0 Å². The molecule has 8 heteroatoms. The predicted molar refractivity (Wildman–Crippen MR) is 76.1 cm³/mol. The summed E-state index contributed by atoms with van der Waals surface area (Å²) in [5.41, 5.74) is -0.669. The van der Waals surface area contributed by atoms with Gasteiger partial charge in [0.05, 0.1) is 10.5 Å². The first-order valence-corrected chi connectivity index (χ1v) is 6.43. The van der Waals surface area contributed by atoms with Crippen LogP contribution in [0.2, 0.25) is 5.02 Å². The van der Waals surface area contributed by atoms with Crippen molar-refractivity contribution in [2.24, 2.45) is 5.90 Å². The lowest BCUT2D eigenvalue weighted by Crippen LogP contribution is -2.13. The van der Waals surface area contributed by atoms with Crippen LogP contribution in [0.25, 0.3) is 22.2 Å². The lowest BCUT2D eigenvalue weighted by molar-refractivity contribution is 0.0496. The molecule has 0 fully saturated rings. The van der Waals surface area contributed by atoms with Crippen LogP contribution >= 0.6 is 11.6 Å². The summed E-state index contributed by atoms with van der Waals surface area (Å²) in [6.45, 7) is 0. The van der Waals surface area contributed by atoms with Crippen LogP contribution < -0.4 is 5.90 Å². The van der Waals surface area contributed by atoms with E-state index in [1.54, 1.807) is 18.3 Å². The van der Waals surface area contributed by atoms with Gasteiger partial charge >= 0.3 is 5.97 Å². The third-order valence-corrected chi connectivity index (χ3v) is 3.44. The Kier molecular flexibility index (Phi) is 3.51. The molecule has 0 aliphatic carbocycles. The summed E-state index contributed by atoms with van der Waals surface area (Å²) in [6, 6.07) is 5.49. The van der Waals surface area contributed by atoms with Crippen molar-refractivity contribution in [1.29, 1.82) is 0 Å². The van der Waals surface area contributed by atoms with Crippen LogP contribution in [-0.4, -0.2) is 15.9 Å². The van der Waals surface area contributed by atoms with E-state index in [9.17, 15) is 13.6 Å². The molecule has 0 amide bonds. The summed E-state index contributed by atoms with van der Waals surface area (Å²) in [5, 5.41) is 0.343. The Morgan fingerprint density at radius 2 is 2.09 bits per heavy atom. The van der Waals surface area contributed by atoms with Gasteiger partial charge in [-0.25, -0.2) is 18.6 Å². The molecule has 5 nitrogen and oxygen atoms in total. The van der Waals surface area contributed by atoms with Crippen molar-refractivity contribution in [2.75, 3.05) is 0 Å². The second-order valence-corrected chi connectivity index (χ2v) is 4.83. The number of carbonyl (C=O) groups is 1. The minimum atomic E-state index is -1.05. The number of aromatic amines is 1. The number of halogens is 3. The average molecular weight is 324 g/mol. The molecule has 0 bridgehead atoms. The number of fused-ring (bicyclic) bond motifs is 1. The van der Waals surface area contributed by atoms with Gasteiger partial charge in [-0.3, -0.25) is 0 Å². The lowest BCUT2D eigenvalue weighted by atomic mass is 10.1. The molecule has 0 unspecified atom stereocenters. The highest BCUT2D eigenvalue weighted by Crippen LogP contribution is 2.31. The summed E-state index contributed by atoms with van der Waals surface area (Å²) in [5.74, 6) is 2.16. The number of rotatable bonds is 2. The molecule has 0 saturated carbocycles. The lowest BCUT2D eigenvalue weighted by Gasteiger charge is -2.08. The molecule has 3 rings (SSSR count). The highest BCUT2D eigenvalue weighted by Gasteiger charge is 2.21. The van der Waals surface area contributed by atoms with Crippen molar-refractivity contribution >= 4 is 28.5 Å². The Labute approximate surface area is 127 Å². The fourth-order valence-electron chi connectivity index (χ4n) is 2.13. The van der Waals surface area contributed by atoms with Crippen LogP contribution in [0.3, 0.4) is 0 Å². The summed E-state index contributed by atoms with van der Waals surface area (Å²) in [6.07, 6.45) is 1.56. The standard InChI is InChI=1S/C14H8ClF2N3O2/c15-8-5-9(16)12(20-13(8)14(21)22-18)7-2-1-6-3-4-19-11(6)10(7)17/h1-5,19H,18H2. The zero-order valence-corrected chi connectivity index (χ0v) is 11.6. The minimum absolute atomic E-state index is 0.116. The van der Waals surface area contributed by atoms with Gasteiger partial charge in [-0.2, -0.15) is 5.90 Å². The number of carbonyl (C=O) groups excluding carboxylic acids is 1. The van der Waals surface area contributed by atoms with Crippen LogP contribution in [-0.2, 0) is 4.84 Å². The van der Waals surface area contributed by atoms with E-state index in [0.717, 1.165) is 6.07 Å². The number of benzene rings is 1. The molecular weight excluding hydrogens is 316 g/mol. The van der Waals surface area contributed by atoms with Crippen LogP contribution in [0.4, 0.5) is 8.78 Å². The van der Waals surface area contributed by atoms with Crippen molar-refractivity contribution < 1.29 is 18.4 Å². The fourth-order valence-corrected chi connectivity index (χ4v) is 2.34. The number of H-pyrrole nitrogens is 1. The average Bonchev–Trinajstić information content (AvgIpc) is 2.97. The first kappa shape index (κ1) is 14.4. The van der Waals surface area contributed by atoms with Gasteiger partial charge in [0, 0.05) is 17.1 Å². The monoisotopic (exact) mass is 323 g/mol. The summed E-state index contributed by atoms with van der Waals surface area (Å²) in [4.78, 5) is 22.0. The minimum Gasteiger partial charge on any atom is -0.368 e. The maximum Gasteiger partial charge on any atom is 0.376 e. The zero-order valence-electron chi connectivity index (χ0n) is 10.9. The van der Waals surface area contributed by atoms with Gasteiger partial charge in [-0.1, -0.05) is 17.7 Å². The molecule has 3 aromatic rings. The number of nitrogens with zero attached hydrogens (tertiary/aromatic N) is 1. The summed E-state index contributed by atoms with van der Waals surface area (Å²) < 4.78 is 28.6. The molecule has 2 heterocycles. The number of nitrogens with two attached hydrogens (primary N) is 1. The number of hydrogen-bond donors (Lipinski definition) is 2. The maximum absolute atomic E-state index is 14.5. The fraction of sp³-hybridized carbons (Fsp3) is 0. The van der Waals surface area contributed by atoms with Gasteiger partial charge in [0.25, 0.3) is 0 Å². The third kappa shape index (κ3) is 2.20. The van der Waals surface area contributed by atoms with Crippen LogP contribution in [0, 0.1) is 11.6 Å². The Balaban J connectivity index is 2.25. The van der Waals surface area contributed by atoms with Gasteiger partial charge in [0.2, 0.25) is 0 Å². The molecule has 0 atom stereocenters. The SMILES string of the molecule is NOC(=O)c1nc(-c2ccc3cc[nH]c3c2F)c(F)cc1Cl. The molecule has 1 aromatic carbocycles. The van der Waals surface area contributed by atoms with Crippen LogP contribution in [0.5, 0.6) is 0 Å². The molecule has 0 aliphatic heterocycles. The van der Waals surface area contributed by atoms with Gasteiger partial charge in [-0.05, 0) is 18.2 Å². The highest BCUT2D eigenvalue weighted by molar-refractivity contribution is 6.33. The molecule has 0 radical (unpaired) electrons. The van der Waals surface area contributed by atoms with Gasteiger partial charge in [-0.15, -0.1) is 0 Å².